The van der Waals surface area contributed by atoms with Gasteiger partial charge in [-0.3, -0.25) is 4.98 Å². The zero-order chi connectivity index (χ0) is 25.8. The molecule has 0 saturated heterocycles. The molecule has 0 atom stereocenters. The Balaban J connectivity index is 1.75. The van der Waals surface area contributed by atoms with Gasteiger partial charge in [0.2, 0.25) is 0 Å². The zero-order valence-corrected chi connectivity index (χ0v) is 20.0. The number of benzene rings is 3. The van der Waals surface area contributed by atoms with Crippen LogP contribution >= 0.6 is 0 Å². The van der Waals surface area contributed by atoms with Crippen molar-refractivity contribution in [2.75, 3.05) is 0 Å². The van der Waals surface area contributed by atoms with Crippen molar-refractivity contribution >= 4 is 32.8 Å². The molecule has 0 radical (unpaired) electrons. The molecule has 0 aliphatic carbocycles. The molecule has 0 aliphatic rings. The van der Waals surface area contributed by atoms with Gasteiger partial charge in [-0.1, -0.05) is 41.5 Å². The van der Waals surface area contributed by atoms with Crippen LogP contribution < -0.4 is 11.3 Å². The Kier molecular flexibility index (Phi) is 5.08. The Bertz CT molecular complexity index is 1880. The molecule has 2 N–H and O–H groups in total. The van der Waals surface area contributed by atoms with Gasteiger partial charge in [0.1, 0.15) is 22.7 Å². The molecule has 37 heavy (non-hydrogen) atoms. The maximum Gasteiger partial charge on any atom is 0.344 e. The second kappa shape index (κ2) is 8.34. The van der Waals surface area contributed by atoms with Gasteiger partial charge in [-0.15, -0.1) is 0 Å². The van der Waals surface area contributed by atoms with Crippen molar-refractivity contribution in [2.45, 2.75) is 19.8 Å². The predicted molar refractivity (Wildman–Crippen MR) is 140 cm³/mol. The van der Waals surface area contributed by atoms with E-state index in [1.54, 1.807) is 42.5 Å². The summed E-state index contributed by atoms with van der Waals surface area (Å²) in [4.78, 5) is 31.2. The number of rotatable bonds is 3. The molecule has 6 aromatic rings. The van der Waals surface area contributed by atoms with E-state index in [-0.39, 0.29) is 33.8 Å². The number of fused-ring (bicyclic) bond motifs is 3. The highest BCUT2D eigenvalue weighted by Gasteiger charge is 2.33. The van der Waals surface area contributed by atoms with Crippen molar-refractivity contribution in [1.82, 2.24) is 4.98 Å². The number of hydrogen-bond acceptors (Lipinski definition) is 7. The molecule has 0 saturated carbocycles. The van der Waals surface area contributed by atoms with Crippen LogP contribution in [0.25, 0.3) is 32.8 Å². The Labute approximate surface area is 209 Å². The molecule has 3 heterocycles. The number of aromatic hydroxyl groups is 2. The third-order valence-corrected chi connectivity index (χ3v) is 6.66. The standard InChI is InChI=1S/C30H21NO6/c1-15-7-9-22-19(11-15)27(32)25(29(34)36-22)24(18-13-17-5-3-4-6-21(17)31-14-18)26-28(33)20-12-16(2)8-10-23(20)37-30(26)35/h3-14,24,32-33H,1-2H3. The van der Waals surface area contributed by atoms with E-state index in [2.05, 4.69) is 4.98 Å². The van der Waals surface area contributed by atoms with Crippen LogP contribution in [0.4, 0.5) is 0 Å². The topological polar surface area (TPSA) is 114 Å². The molecule has 0 unspecified atom stereocenters. The quantitative estimate of drug-likeness (QED) is 0.307. The first-order chi connectivity index (χ1) is 17.8. The van der Waals surface area contributed by atoms with Crippen LogP contribution in [0.15, 0.2) is 91.4 Å². The minimum atomic E-state index is -1.22. The van der Waals surface area contributed by atoms with E-state index in [0.717, 1.165) is 16.5 Å². The van der Waals surface area contributed by atoms with Crippen LogP contribution in [-0.4, -0.2) is 15.2 Å². The number of aryl methyl sites for hydroxylation is 2. The largest absolute Gasteiger partial charge is 0.507 e. The third-order valence-electron chi connectivity index (χ3n) is 6.66. The van der Waals surface area contributed by atoms with E-state index in [1.807, 2.05) is 38.1 Å². The predicted octanol–water partition coefficient (Wildman–Crippen LogP) is 5.66. The Morgan fingerprint density at radius 3 is 1.84 bits per heavy atom. The SMILES string of the molecule is Cc1ccc2oc(=O)c(C(c3cnc4ccccc4c3)c3c(O)c4cc(C)ccc4oc3=O)c(O)c2c1. The van der Waals surface area contributed by atoms with Gasteiger partial charge in [0.15, 0.2) is 0 Å². The maximum atomic E-state index is 13.4. The summed E-state index contributed by atoms with van der Waals surface area (Å²) in [7, 11) is 0. The lowest BCUT2D eigenvalue weighted by molar-refractivity contribution is 0.441. The van der Waals surface area contributed by atoms with Crippen LogP contribution in [0.2, 0.25) is 0 Å². The summed E-state index contributed by atoms with van der Waals surface area (Å²) >= 11 is 0. The van der Waals surface area contributed by atoms with Crippen LogP contribution in [0.3, 0.4) is 0 Å². The van der Waals surface area contributed by atoms with Gasteiger partial charge >= 0.3 is 11.3 Å². The fourth-order valence-electron chi connectivity index (χ4n) is 4.86. The summed E-state index contributed by atoms with van der Waals surface area (Å²) in [6.45, 7) is 3.70. The lowest BCUT2D eigenvalue weighted by Crippen LogP contribution is -2.21. The summed E-state index contributed by atoms with van der Waals surface area (Å²) < 4.78 is 11.2. The third kappa shape index (κ3) is 3.63. The highest BCUT2D eigenvalue weighted by atomic mass is 16.4. The van der Waals surface area contributed by atoms with Crippen LogP contribution in [-0.2, 0) is 0 Å². The molecule has 3 aromatic heterocycles. The number of para-hydroxylation sites is 1. The zero-order valence-electron chi connectivity index (χ0n) is 20.0. The van der Waals surface area contributed by atoms with Crippen LogP contribution in [0.5, 0.6) is 11.5 Å². The molecular formula is C30H21NO6. The highest BCUT2D eigenvalue weighted by Crippen LogP contribution is 2.42. The fraction of sp³-hybridized carbons (Fsp3) is 0.100. The van der Waals surface area contributed by atoms with Gasteiger partial charge < -0.3 is 19.0 Å². The van der Waals surface area contributed by atoms with E-state index in [9.17, 15) is 19.8 Å². The lowest BCUT2D eigenvalue weighted by Gasteiger charge is -2.20. The molecule has 7 heteroatoms. The molecular weight excluding hydrogens is 470 g/mol. The van der Waals surface area contributed by atoms with Crippen molar-refractivity contribution < 1.29 is 19.0 Å². The minimum Gasteiger partial charge on any atom is -0.507 e. The van der Waals surface area contributed by atoms with E-state index in [1.165, 1.54) is 6.20 Å². The Morgan fingerprint density at radius 2 is 1.27 bits per heavy atom. The average molecular weight is 491 g/mol. The lowest BCUT2D eigenvalue weighted by atomic mass is 9.85. The smallest absolute Gasteiger partial charge is 0.344 e. The molecule has 0 fully saturated rings. The van der Waals surface area contributed by atoms with Gasteiger partial charge in [-0.2, -0.15) is 0 Å². The molecule has 6 rings (SSSR count). The van der Waals surface area contributed by atoms with E-state index < -0.39 is 17.2 Å². The van der Waals surface area contributed by atoms with Crippen molar-refractivity contribution in [2.24, 2.45) is 0 Å². The van der Waals surface area contributed by atoms with Gasteiger partial charge in [0, 0.05) is 11.6 Å². The Morgan fingerprint density at radius 1 is 0.730 bits per heavy atom. The summed E-state index contributed by atoms with van der Waals surface area (Å²) in [5, 5.41) is 24.2. The van der Waals surface area contributed by atoms with E-state index >= 15 is 0 Å². The first-order valence-corrected chi connectivity index (χ1v) is 11.7. The van der Waals surface area contributed by atoms with Gasteiger partial charge in [-0.25, -0.2) is 9.59 Å². The number of aromatic nitrogens is 1. The van der Waals surface area contributed by atoms with E-state index in [0.29, 0.717) is 21.9 Å². The number of hydrogen-bond donors (Lipinski definition) is 2. The molecule has 3 aromatic carbocycles. The fourth-order valence-corrected chi connectivity index (χ4v) is 4.86. The number of pyridine rings is 1. The minimum absolute atomic E-state index is 0.190. The van der Waals surface area contributed by atoms with E-state index in [4.69, 9.17) is 8.83 Å². The maximum absolute atomic E-state index is 13.4. The summed E-state index contributed by atoms with van der Waals surface area (Å²) in [5.74, 6) is -1.90. The van der Waals surface area contributed by atoms with Gasteiger partial charge in [0.25, 0.3) is 0 Å². The molecule has 0 amide bonds. The molecule has 7 nitrogen and oxygen atoms in total. The van der Waals surface area contributed by atoms with Crippen molar-refractivity contribution in [3.05, 3.63) is 122 Å². The normalized spacial score (nSPS) is 11.6. The second-order valence-electron chi connectivity index (χ2n) is 9.20. The highest BCUT2D eigenvalue weighted by molar-refractivity contribution is 5.88. The number of nitrogens with zero attached hydrogens (tertiary/aromatic N) is 1. The summed E-state index contributed by atoms with van der Waals surface area (Å²) in [6, 6.07) is 19.3. The monoisotopic (exact) mass is 491 g/mol. The van der Waals surface area contributed by atoms with Crippen molar-refractivity contribution in [3.8, 4) is 11.5 Å². The molecule has 0 bridgehead atoms. The molecule has 0 spiro atoms. The second-order valence-corrected chi connectivity index (χ2v) is 9.20. The van der Waals surface area contributed by atoms with Crippen LogP contribution in [0, 0.1) is 13.8 Å². The summed E-state index contributed by atoms with van der Waals surface area (Å²) in [5.41, 5.74) is 1.16. The first kappa shape index (κ1) is 22.5. The first-order valence-electron chi connectivity index (χ1n) is 11.7. The molecule has 0 aliphatic heterocycles. The van der Waals surface area contributed by atoms with Crippen molar-refractivity contribution in [1.29, 1.82) is 0 Å². The Hall–Kier alpha value is -4.91. The summed E-state index contributed by atoms with van der Waals surface area (Å²) in [6.07, 6.45) is 1.52. The van der Waals surface area contributed by atoms with Gasteiger partial charge in [-0.05, 0) is 55.8 Å². The van der Waals surface area contributed by atoms with Gasteiger partial charge in [0.05, 0.1) is 33.3 Å². The van der Waals surface area contributed by atoms with Crippen molar-refractivity contribution in [3.63, 3.8) is 0 Å². The van der Waals surface area contributed by atoms with Crippen LogP contribution in [0.1, 0.15) is 33.7 Å². The molecule has 182 valence electrons. The average Bonchev–Trinajstić information content (AvgIpc) is 2.88.